The van der Waals surface area contributed by atoms with Gasteiger partial charge in [-0.2, -0.15) is 4.98 Å². The van der Waals surface area contributed by atoms with Gasteiger partial charge in [0.1, 0.15) is 0 Å². The molecule has 106 valence electrons. The summed E-state index contributed by atoms with van der Waals surface area (Å²) in [5.41, 5.74) is 4.44. The van der Waals surface area contributed by atoms with Crippen LogP contribution in [0.1, 0.15) is 11.4 Å². The Hall–Kier alpha value is -2.76. The Balaban J connectivity index is 1.95. The van der Waals surface area contributed by atoms with Crippen LogP contribution in [0.25, 0.3) is 11.0 Å². The third-order valence-corrected chi connectivity index (χ3v) is 3.17. The molecule has 2 heterocycles. The van der Waals surface area contributed by atoms with Crippen molar-refractivity contribution in [1.82, 2.24) is 19.9 Å². The molecule has 0 spiro atoms. The van der Waals surface area contributed by atoms with Gasteiger partial charge in [-0.25, -0.2) is 15.0 Å². The third kappa shape index (κ3) is 2.74. The maximum absolute atomic E-state index is 5.08. The molecule has 0 aliphatic heterocycles. The van der Waals surface area contributed by atoms with Crippen LogP contribution in [0.15, 0.2) is 30.5 Å². The molecule has 0 saturated heterocycles. The normalized spacial score (nSPS) is 10.6. The lowest BCUT2D eigenvalue weighted by Gasteiger charge is -2.07. The van der Waals surface area contributed by atoms with Crippen LogP contribution < -0.4 is 10.1 Å². The molecule has 0 aliphatic rings. The standard InChI is InChI=1S/C15H15N5O/c1-9-10(2)18-13-8-11(4-5-12(13)17-9)19-15-16-7-6-14(20-15)21-3/h4-8H,1-3H3,(H,16,19,20). The first-order chi connectivity index (χ1) is 10.2. The number of nitrogens with one attached hydrogen (secondary N) is 1. The number of aromatic nitrogens is 4. The highest BCUT2D eigenvalue weighted by atomic mass is 16.5. The molecule has 3 aromatic rings. The molecule has 1 aromatic carbocycles. The average Bonchev–Trinajstić information content (AvgIpc) is 2.49. The molecule has 0 atom stereocenters. The van der Waals surface area contributed by atoms with Gasteiger partial charge in [0.25, 0.3) is 0 Å². The highest BCUT2D eigenvalue weighted by Gasteiger charge is 2.04. The molecule has 2 aromatic heterocycles. The van der Waals surface area contributed by atoms with Crippen molar-refractivity contribution in [3.05, 3.63) is 41.9 Å². The zero-order valence-corrected chi connectivity index (χ0v) is 12.1. The molecule has 1 N–H and O–H groups in total. The predicted octanol–water partition coefficient (Wildman–Crippen LogP) is 2.79. The topological polar surface area (TPSA) is 72.8 Å². The molecule has 6 heteroatoms. The third-order valence-electron chi connectivity index (χ3n) is 3.17. The van der Waals surface area contributed by atoms with Gasteiger partial charge in [0.2, 0.25) is 11.8 Å². The van der Waals surface area contributed by atoms with Crippen molar-refractivity contribution in [2.24, 2.45) is 0 Å². The molecule has 0 aliphatic carbocycles. The summed E-state index contributed by atoms with van der Waals surface area (Å²) in [5.74, 6) is 0.991. The average molecular weight is 281 g/mol. The number of nitrogens with zero attached hydrogens (tertiary/aromatic N) is 4. The van der Waals surface area contributed by atoms with Gasteiger partial charge < -0.3 is 10.1 Å². The molecule has 21 heavy (non-hydrogen) atoms. The van der Waals surface area contributed by atoms with E-state index in [-0.39, 0.29) is 0 Å². The summed E-state index contributed by atoms with van der Waals surface area (Å²) in [6.45, 7) is 3.91. The van der Waals surface area contributed by atoms with Gasteiger partial charge in [-0.05, 0) is 32.0 Å². The van der Waals surface area contributed by atoms with E-state index in [1.54, 1.807) is 19.4 Å². The first-order valence-electron chi connectivity index (χ1n) is 6.55. The Labute approximate surface area is 122 Å². The lowest BCUT2D eigenvalue weighted by atomic mass is 10.2. The summed E-state index contributed by atoms with van der Waals surface area (Å²) in [6, 6.07) is 7.48. The van der Waals surface area contributed by atoms with E-state index < -0.39 is 0 Å². The Morgan fingerprint density at radius 1 is 0.952 bits per heavy atom. The smallest absolute Gasteiger partial charge is 0.230 e. The Kier molecular flexibility index (Phi) is 3.35. The summed E-state index contributed by atoms with van der Waals surface area (Å²) in [5, 5.41) is 3.13. The Morgan fingerprint density at radius 2 is 1.71 bits per heavy atom. The number of fused-ring (bicyclic) bond motifs is 1. The van der Waals surface area contributed by atoms with Crippen molar-refractivity contribution in [3.8, 4) is 5.88 Å². The van der Waals surface area contributed by atoms with Crippen molar-refractivity contribution in [2.75, 3.05) is 12.4 Å². The van der Waals surface area contributed by atoms with Crippen LogP contribution in [0.5, 0.6) is 5.88 Å². The maximum Gasteiger partial charge on any atom is 0.230 e. The zero-order valence-electron chi connectivity index (χ0n) is 12.1. The number of aryl methyl sites for hydroxylation is 2. The van der Waals surface area contributed by atoms with E-state index in [0.29, 0.717) is 11.8 Å². The SMILES string of the molecule is COc1ccnc(Nc2ccc3nc(C)c(C)nc3c2)n1. The fourth-order valence-corrected chi connectivity index (χ4v) is 1.95. The number of rotatable bonds is 3. The second-order valence-electron chi connectivity index (χ2n) is 4.65. The number of ether oxygens (including phenoxy) is 1. The van der Waals surface area contributed by atoms with Gasteiger partial charge in [-0.1, -0.05) is 0 Å². The molecule has 3 rings (SSSR count). The van der Waals surface area contributed by atoms with Crippen LogP contribution in [0.4, 0.5) is 11.6 Å². The molecular weight excluding hydrogens is 266 g/mol. The summed E-state index contributed by atoms with van der Waals surface area (Å²) < 4.78 is 5.08. The molecule has 0 unspecified atom stereocenters. The van der Waals surface area contributed by atoms with Crippen LogP contribution >= 0.6 is 0 Å². The van der Waals surface area contributed by atoms with E-state index in [0.717, 1.165) is 28.1 Å². The summed E-state index contributed by atoms with van der Waals surface area (Å²) in [6.07, 6.45) is 1.64. The summed E-state index contributed by atoms with van der Waals surface area (Å²) in [7, 11) is 1.57. The molecule has 6 nitrogen and oxygen atoms in total. The molecule has 0 saturated carbocycles. The fraction of sp³-hybridized carbons (Fsp3) is 0.200. The van der Waals surface area contributed by atoms with Crippen LogP contribution in [-0.4, -0.2) is 27.0 Å². The lowest BCUT2D eigenvalue weighted by molar-refractivity contribution is 0.397. The van der Waals surface area contributed by atoms with Gasteiger partial charge in [0.15, 0.2) is 0 Å². The predicted molar refractivity (Wildman–Crippen MR) is 80.9 cm³/mol. The van der Waals surface area contributed by atoms with Gasteiger partial charge >= 0.3 is 0 Å². The molecule has 0 fully saturated rings. The van der Waals surface area contributed by atoms with E-state index in [2.05, 4.69) is 25.3 Å². The molecule has 0 radical (unpaired) electrons. The summed E-state index contributed by atoms with van der Waals surface area (Å²) >= 11 is 0. The van der Waals surface area contributed by atoms with Crippen LogP contribution in [-0.2, 0) is 0 Å². The van der Waals surface area contributed by atoms with Crippen molar-refractivity contribution in [2.45, 2.75) is 13.8 Å². The van der Waals surface area contributed by atoms with Gasteiger partial charge in [0.05, 0.1) is 29.5 Å². The van der Waals surface area contributed by atoms with E-state index in [4.69, 9.17) is 4.74 Å². The quantitative estimate of drug-likeness (QED) is 0.795. The van der Waals surface area contributed by atoms with E-state index in [9.17, 15) is 0 Å². The maximum atomic E-state index is 5.08. The minimum Gasteiger partial charge on any atom is -0.481 e. The van der Waals surface area contributed by atoms with Crippen molar-refractivity contribution < 1.29 is 4.74 Å². The number of anilines is 2. The minimum absolute atomic E-state index is 0.477. The first kappa shape index (κ1) is 13.2. The highest BCUT2D eigenvalue weighted by molar-refractivity contribution is 5.79. The van der Waals surface area contributed by atoms with Crippen molar-refractivity contribution in [1.29, 1.82) is 0 Å². The highest BCUT2D eigenvalue weighted by Crippen LogP contribution is 2.20. The van der Waals surface area contributed by atoms with E-state index >= 15 is 0 Å². The Bertz CT molecular complexity index is 803. The van der Waals surface area contributed by atoms with Crippen LogP contribution in [0, 0.1) is 13.8 Å². The Morgan fingerprint density at radius 3 is 2.48 bits per heavy atom. The lowest BCUT2D eigenvalue weighted by Crippen LogP contribution is -1.99. The van der Waals surface area contributed by atoms with Gasteiger partial charge in [-0.3, -0.25) is 0 Å². The second kappa shape index (κ2) is 5.32. The minimum atomic E-state index is 0.477. The zero-order chi connectivity index (χ0) is 14.8. The van der Waals surface area contributed by atoms with Crippen molar-refractivity contribution in [3.63, 3.8) is 0 Å². The molecule has 0 amide bonds. The molecular formula is C15H15N5O. The van der Waals surface area contributed by atoms with Gasteiger partial charge in [-0.15, -0.1) is 0 Å². The van der Waals surface area contributed by atoms with E-state index in [1.807, 2.05) is 32.0 Å². The fourth-order valence-electron chi connectivity index (χ4n) is 1.95. The van der Waals surface area contributed by atoms with Crippen LogP contribution in [0.3, 0.4) is 0 Å². The number of hydrogen-bond acceptors (Lipinski definition) is 6. The largest absolute Gasteiger partial charge is 0.481 e. The molecule has 0 bridgehead atoms. The first-order valence-corrected chi connectivity index (χ1v) is 6.55. The van der Waals surface area contributed by atoms with Crippen LogP contribution in [0.2, 0.25) is 0 Å². The number of hydrogen-bond donors (Lipinski definition) is 1. The number of benzene rings is 1. The van der Waals surface area contributed by atoms with Crippen molar-refractivity contribution >= 4 is 22.7 Å². The van der Waals surface area contributed by atoms with E-state index in [1.165, 1.54) is 0 Å². The van der Waals surface area contributed by atoms with Gasteiger partial charge in [0, 0.05) is 18.0 Å². The second-order valence-corrected chi connectivity index (χ2v) is 4.65. The monoisotopic (exact) mass is 281 g/mol. The number of methoxy groups -OCH3 is 1. The summed E-state index contributed by atoms with van der Waals surface area (Å²) in [4.78, 5) is 17.4.